The summed E-state index contributed by atoms with van der Waals surface area (Å²) < 4.78 is 28.1. The number of quaternary nitrogens is 1. The Hall–Kier alpha value is -1.28. The number of sulfonamides is 1. The van der Waals surface area contributed by atoms with E-state index in [9.17, 15) is 8.42 Å². The van der Waals surface area contributed by atoms with Crippen molar-refractivity contribution in [1.82, 2.24) is 0 Å². The van der Waals surface area contributed by atoms with E-state index in [2.05, 4.69) is 16.5 Å². The molecule has 1 aliphatic rings. The Kier molecular flexibility index (Phi) is 5.34. The molecule has 0 aliphatic carbocycles. The average molecular weight is 387 g/mol. The summed E-state index contributed by atoms with van der Waals surface area (Å²) in [6.07, 6.45) is 0. The molecule has 1 aliphatic heterocycles. The molecule has 1 saturated heterocycles. The summed E-state index contributed by atoms with van der Waals surface area (Å²) >= 11 is 7.30. The van der Waals surface area contributed by atoms with Crippen molar-refractivity contribution in [3.63, 3.8) is 0 Å². The SMILES string of the molecule is CC[NH+]1CCN(c2ccc(Cl)cc2NS(=O)(=O)c2cccs2)CC1. The van der Waals surface area contributed by atoms with Crippen molar-refractivity contribution in [3.05, 3.63) is 40.7 Å². The molecule has 1 fully saturated rings. The van der Waals surface area contributed by atoms with Crippen LogP contribution >= 0.6 is 22.9 Å². The first-order chi connectivity index (χ1) is 11.5. The lowest BCUT2D eigenvalue weighted by atomic mass is 10.2. The minimum atomic E-state index is -3.59. The minimum Gasteiger partial charge on any atom is -0.359 e. The number of likely N-dealkylation sites (N-methyl/N-ethyl adjacent to an activating group) is 1. The van der Waals surface area contributed by atoms with Gasteiger partial charge in [-0.15, -0.1) is 11.3 Å². The number of thiophene rings is 1. The van der Waals surface area contributed by atoms with Gasteiger partial charge in [-0.3, -0.25) is 4.72 Å². The van der Waals surface area contributed by atoms with Crippen molar-refractivity contribution in [2.24, 2.45) is 0 Å². The summed E-state index contributed by atoms with van der Waals surface area (Å²) in [5, 5.41) is 2.26. The minimum absolute atomic E-state index is 0.300. The molecule has 5 nitrogen and oxygen atoms in total. The van der Waals surface area contributed by atoms with Crippen LogP contribution in [0, 0.1) is 0 Å². The predicted molar refractivity (Wildman–Crippen MR) is 100 cm³/mol. The lowest BCUT2D eigenvalue weighted by molar-refractivity contribution is -0.898. The highest BCUT2D eigenvalue weighted by Crippen LogP contribution is 2.31. The summed E-state index contributed by atoms with van der Waals surface area (Å²) in [6, 6.07) is 8.71. The van der Waals surface area contributed by atoms with E-state index in [0.717, 1.165) is 38.4 Å². The van der Waals surface area contributed by atoms with Gasteiger partial charge >= 0.3 is 0 Å². The van der Waals surface area contributed by atoms with E-state index in [1.54, 1.807) is 34.5 Å². The Balaban J connectivity index is 1.87. The van der Waals surface area contributed by atoms with Crippen molar-refractivity contribution in [2.75, 3.05) is 42.3 Å². The van der Waals surface area contributed by atoms with Gasteiger partial charge in [0.2, 0.25) is 0 Å². The molecule has 3 rings (SSSR count). The molecule has 24 heavy (non-hydrogen) atoms. The van der Waals surface area contributed by atoms with E-state index in [4.69, 9.17) is 11.6 Å². The van der Waals surface area contributed by atoms with Crippen LogP contribution in [0.5, 0.6) is 0 Å². The molecule has 0 radical (unpaired) electrons. The van der Waals surface area contributed by atoms with Crippen LogP contribution in [-0.2, 0) is 10.0 Å². The number of benzene rings is 1. The fraction of sp³-hybridized carbons (Fsp3) is 0.375. The van der Waals surface area contributed by atoms with Gasteiger partial charge in [0.05, 0.1) is 44.1 Å². The summed E-state index contributed by atoms with van der Waals surface area (Å²) in [6.45, 7) is 7.21. The first-order valence-corrected chi connectivity index (χ1v) is 10.7. The number of nitrogens with one attached hydrogen (secondary N) is 2. The van der Waals surface area contributed by atoms with Gasteiger partial charge in [-0.2, -0.15) is 0 Å². The van der Waals surface area contributed by atoms with Crippen LogP contribution in [-0.4, -0.2) is 41.1 Å². The summed E-state index contributed by atoms with van der Waals surface area (Å²) in [5.41, 5.74) is 1.42. The highest BCUT2D eigenvalue weighted by molar-refractivity contribution is 7.94. The fourth-order valence-corrected chi connectivity index (χ4v) is 5.12. The van der Waals surface area contributed by atoms with Crippen LogP contribution < -0.4 is 14.5 Å². The number of halogens is 1. The lowest BCUT2D eigenvalue weighted by Crippen LogP contribution is -3.14. The largest absolute Gasteiger partial charge is 0.359 e. The summed E-state index contributed by atoms with van der Waals surface area (Å²) in [5.74, 6) is 0. The Morgan fingerprint density at radius 2 is 2.04 bits per heavy atom. The van der Waals surface area contributed by atoms with Crippen molar-refractivity contribution < 1.29 is 13.3 Å². The molecule has 1 aromatic carbocycles. The monoisotopic (exact) mass is 386 g/mol. The number of hydrogen-bond acceptors (Lipinski definition) is 4. The molecular formula is C16H21ClN3O2S2+. The normalized spacial score (nSPS) is 16.3. The average Bonchev–Trinajstić information content (AvgIpc) is 3.10. The van der Waals surface area contributed by atoms with Gasteiger partial charge in [0.1, 0.15) is 4.21 Å². The predicted octanol–water partition coefficient (Wildman–Crippen LogP) is 1.93. The van der Waals surface area contributed by atoms with Gasteiger partial charge in [0.15, 0.2) is 0 Å². The van der Waals surface area contributed by atoms with Crippen molar-refractivity contribution in [1.29, 1.82) is 0 Å². The molecule has 2 N–H and O–H groups in total. The van der Waals surface area contributed by atoms with Crippen LogP contribution in [0.3, 0.4) is 0 Å². The molecular weight excluding hydrogens is 366 g/mol. The Bertz CT molecular complexity index is 786. The molecule has 1 aromatic heterocycles. The van der Waals surface area contributed by atoms with Crippen LogP contribution in [0.25, 0.3) is 0 Å². The first kappa shape index (κ1) is 17.5. The van der Waals surface area contributed by atoms with E-state index >= 15 is 0 Å². The molecule has 130 valence electrons. The van der Waals surface area contributed by atoms with Crippen LogP contribution in [0.1, 0.15) is 6.92 Å². The molecule has 0 amide bonds. The fourth-order valence-electron chi connectivity index (χ4n) is 2.89. The number of piperazine rings is 1. The van der Waals surface area contributed by atoms with Gasteiger partial charge in [0.25, 0.3) is 10.0 Å². The number of rotatable bonds is 5. The summed E-state index contributed by atoms with van der Waals surface area (Å²) in [4.78, 5) is 3.79. The third kappa shape index (κ3) is 3.85. The van der Waals surface area contributed by atoms with Gasteiger partial charge in [-0.25, -0.2) is 8.42 Å². The quantitative estimate of drug-likeness (QED) is 0.825. The van der Waals surface area contributed by atoms with E-state index in [-0.39, 0.29) is 0 Å². The molecule has 2 aromatic rings. The second-order valence-electron chi connectivity index (χ2n) is 5.79. The molecule has 0 atom stereocenters. The standard InChI is InChI=1S/C16H20ClN3O2S2/c1-2-19-7-9-20(10-8-19)15-6-5-13(17)12-14(15)18-24(21,22)16-4-3-11-23-16/h3-6,11-12,18H,2,7-10H2,1H3/p+1. The number of hydrogen-bond donors (Lipinski definition) is 2. The van der Waals surface area contributed by atoms with Crippen LogP contribution in [0.2, 0.25) is 5.02 Å². The van der Waals surface area contributed by atoms with Crippen LogP contribution in [0.15, 0.2) is 39.9 Å². The number of anilines is 2. The topological polar surface area (TPSA) is 53.9 Å². The second kappa shape index (κ2) is 7.31. The van der Waals surface area contributed by atoms with Crippen molar-refractivity contribution in [2.45, 2.75) is 11.1 Å². The third-order valence-corrected chi connectivity index (χ3v) is 7.27. The van der Waals surface area contributed by atoms with Crippen molar-refractivity contribution in [3.8, 4) is 0 Å². The molecule has 0 unspecified atom stereocenters. The van der Waals surface area contributed by atoms with Gasteiger partial charge in [-0.05, 0) is 36.6 Å². The van der Waals surface area contributed by atoms with Gasteiger partial charge in [-0.1, -0.05) is 17.7 Å². The van der Waals surface area contributed by atoms with E-state index in [1.807, 2.05) is 6.07 Å². The van der Waals surface area contributed by atoms with Gasteiger partial charge in [0, 0.05) is 5.02 Å². The van der Waals surface area contributed by atoms with E-state index in [1.165, 1.54) is 11.3 Å². The van der Waals surface area contributed by atoms with Crippen molar-refractivity contribution >= 4 is 44.3 Å². The highest BCUT2D eigenvalue weighted by atomic mass is 35.5. The Morgan fingerprint density at radius 1 is 1.29 bits per heavy atom. The van der Waals surface area contributed by atoms with Gasteiger partial charge < -0.3 is 9.80 Å². The smallest absolute Gasteiger partial charge is 0.271 e. The maximum atomic E-state index is 12.5. The molecule has 2 heterocycles. The highest BCUT2D eigenvalue weighted by Gasteiger charge is 2.23. The first-order valence-electron chi connectivity index (χ1n) is 7.94. The molecule has 0 spiro atoms. The Morgan fingerprint density at radius 3 is 2.67 bits per heavy atom. The molecule has 0 bridgehead atoms. The maximum absolute atomic E-state index is 12.5. The van der Waals surface area contributed by atoms with E-state index in [0.29, 0.717) is 14.9 Å². The number of nitrogens with zero attached hydrogens (tertiary/aromatic N) is 1. The summed E-state index contributed by atoms with van der Waals surface area (Å²) in [7, 11) is -3.59. The third-order valence-electron chi connectivity index (χ3n) is 4.27. The second-order valence-corrected chi connectivity index (χ2v) is 9.08. The molecule has 0 saturated carbocycles. The van der Waals surface area contributed by atoms with Crippen LogP contribution in [0.4, 0.5) is 11.4 Å². The zero-order valence-corrected chi connectivity index (χ0v) is 15.8. The maximum Gasteiger partial charge on any atom is 0.271 e. The van der Waals surface area contributed by atoms with E-state index < -0.39 is 10.0 Å². The molecule has 8 heteroatoms. The lowest BCUT2D eigenvalue weighted by Gasteiger charge is -2.34. The zero-order chi connectivity index (χ0) is 17.2. The Labute approximate surface area is 151 Å². The zero-order valence-electron chi connectivity index (χ0n) is 13.5.